The zero-order valence-corrected chi connectivity index (χ0v) is 13.7. The van der Waals surface area contributed by atoms with E-state index in [1.54, 1.807) is 11.8 Å². The SMILES string of the molecule is Cc1ccc(C(=O)NCC(=O)N2CCc3ccccc32)cc1[N+](=O)[O-]. The van der Waals surface area contributed by atoms with Gasteiger partial charge in [-0.25, -0.2) is 0 Å². The Balaban J connectivity index is 1.66. The first-order valence-corrected chi connectivity index (χ1v) is 7.89. The van der Waals surface area contributed by atoms with E-state index in [4.69, 9.17) is 0 Å². The summed E-state index contributed by atoms with van der Waals surface area (Å²) >= 11 is 0. The molecule has 2 amide bonds. The molecular formula is C18H17N3O4. The van der Waals surface area contributed by atoms with Crippen LogP contribution in [0.25, 0.3) is 0 Å². The highest BCUT2D eigenvalue weighted by Gasteiger charge is 2.24. The van der Waals surface area contributed by atoms with E-state index in [2.05, 4.69) is 5.32 Å². The minimum Gasteiger partial charge on any atom is -0.343 e. The van der Waals surface area contributed by atoms with Crippen molar-refractivity contribution in [3.8, 4) is 0 Å². The molecule has 0 fully saturated rings. The molecule has 7 nitrogen and oxygen atoms in total. The molecule has 2 aromatic rings. The summed E-state index contributed by atoms with van der Waals surface area (Å²) < 4.78 is 0. The van der Waals surface area contributed by atoms with Gasteiger partial charge in [0, 0.05) is 29.4 Å². The first-order valence-electron chi connectivity index (χ1n) is 7.89. The zero-order valence-electron chi connectivity index (χ0n) is 13.7. The number of hydrogen-bond donors (Lipinski definition) is 1. The third-order valence-corrected chi connectivity index (χ3v) is 4.26. The molecule has 0 aromatic heterocycles. The third-order valence-electron chi connectivity index (χ3n) is 4.26. The number of nitro benzene ring substituents is 1. The summed E-state index contributed by atoms with van der Waals surface area (Å²) in [6, 6.07) is 11.9. The van der Waals surface area contributed by atoms with E-state index in [1.165, 1.54) is 18.2 Å². The highest BCUT2D eigenvalue weighted by Crippen LogP contribution is 2.27. The number of rotatable bonds is 4. The number of fused-ring (bicyclic) bond motifs is 1. The van der Waals surface area contributed by atoms with Crippen molar-refractivity contribution in [3.63, 3.8) is 0 Å². The van der Waals surface area contributed by atoms with Crippen LogP contribution in [0.5, 0.6) is 0 Å². The lowest BCUT2D eigenvalue weighted by Crippen LogP contribution is -2.39. The standard InChI is InChI=1S/C18H17N3O4/c1-12-6-7-14(10-16(12)21(24)25)18(23)19-11-17(22)20-9-8-13-4-2-3-5-15(13)20/h2-7,10H,8-9,11H2,1H3,(H,19,23). The molecule has 0 unspecified atom stereocenters. The van der Waals surface area contributed by atoms with Crippen molar-refractivity contribution in [3.05, 3.63) is 69.3 Å². The first-order chi connectivity index (χ1) is 12.0. The van der Waals surface area contributed by atoms with E-state index in [0.717, 1.165) is 17.7 Å². The fourth-order valence-corrected chi connectivity index (χ4v) is 2.90. The van der Waals surface area contributed by atoms with Gasteiger partial charge in [0.05, 0.1) is 11.5 Å². The smallest absolute Gasteiger partial charge is 0.273 e. The molecular weight excluding hydrogens is 322 g/mol. The van der Waals surface area contributed by atoms with Crippen LogP contribution in [0.2, 0.25) is 0 Å². The van der Waals surface area contributed by atoms with Crippen LogP contribution >= 0.6 is 0 Å². The number of para-hydroxylation sites is 1. The summed E-state index contributed by atoms with van der Waals surface area (Å²) in [5.41, 5.74) is 2.50. The Bertz CT molecular complexity index is 863. The van der Waals surface area contributed by atoms with Gasteiger partial charge in [0.2, 0.25) is 5.91 Å². The average molecular weight is 339 g/mol. The highest BCUT2D eigenvalue weighted by atomic mass is 16.6. The predicted octanol–water partition coefficient (Wildman–Crippen LogP) is 2.22. The topological polar surface area (TPSA) is 92.6 Å². The van der Waals surface area contributed by atoms with Crippen LogP contribution in [-0.2, 0) is 11.2 Å². The van der Waals surface area contributed by atoms with Crippen molar-refractivity contribution in [1.82, 2.24) is 5.32 Å². The molecule has 7 heteroatoms. The van der Waals surface area contributed by atoms with Crippen LogP contribution < -0.4 is 10.2 Å². The summed E-state index contributed by atoms with van der Waals surface area (Å²) in [4.78, 5) is 36.7. The van der Waals surface area contributed by atoms with Crippen LogP contribution in [0.3, 0.4) is 0 Å². The molecule has 0 bridgehead atoms. The summed E-state index contributed by atoms with van der Waals surface area (Å²) in [5.74, 6) is -0.719. The number of hydrogen-bond acceptors (Lipinski definition) is 4. The Kier molecular flexibility index (Phi) is 4.47. The molecule has 2 aromatic carbocycles. The zero-order chi connectivity index (χ0) is 18.0. The number of carbonyl (C=O) groups excluding carboxylic acids is 2. The second kappa shape index (κ2) is 6.72. The van der Waals surface area contributed by atoms with Crippen molar-refractivity contribution in [1.29, 1.82) is 0 Å². The van der Waals surface area contributed by atoms with Gasteiger partial charge in [0.25, 0.3) is 11.6 Å². The van der Waals surface area contributed by atoms with Crippen LogP contribution in [0.4, 0.5) is 11.4 Å². The molecule has 0 saturated carbocycles. The second-order valence-corrected chi connectivity index (χ2v) is 5.87. The van der Waals surface area contributed by atoms with Crippen LogP contribution in [-0.4, -0.2) is 29.8 Å². The van der Waals surface area contributed by atoms with Crippen molar-refractivity contribution in [2.45, 2.75) is 13.3 Å². The molecule has 25 heavy (non-hydrogen) atoms. The van der Waals surface area contributed by atoms with Gasteiger partial charge in [-0.3, -0.25) is 19.7 Å². The van der Waals surface area contributed by atoms with Gasteiger partial charge in [-0.2, -0.15) is 0 Å². The molecule has 1 heterocycles. The molecule has 1 N–H and O–H groups in total. The molecule has 0 radical (unpaired) electrons. The Hall–Kier alpha value is -3.22. The van der Waals surface area contributed by atoms with E-state index in [0.29, 0.717) is 12.1 Å². The number of anilines is 1. The van der Waals surface area contributed by atoms with Gasteiger partial charge >= 0.3 is 0 Å². The van der Waals surface area contributed by atoms with Crippen molar-refractivity contribution in [2.75, 3.05) is 18.0 Å². The minimum atomic E-state index is -0.529. The third kappa shape index (κ3) is 3.35. The van der Waals surface area contributed by atoms with Crippen LogP contribution in [0.1, 0.15) is 21.5 Å². The normalized spacial score (nSPS) is 12.6. The maximum Gasteiger partial charge on any atom is 0.273 e. The summed E-state index contributed by atoms with van der Waals surface area (Å²) in [5, 5.41) is 13.5. The van der Waals surface area contributed by atoms with E-state index < -0.39 is 10.8 Å². The predicted molar refractivity (Wildman–Crippen MR) is 92.7 cm³/mol. The fourth-order valence-electron chi connectivity index (χ4n) is 2.90. The maximum absolute atomic E-state index is 12.4. The fraction of sp³-hybridized carbons (Fsp3) is 0.222. The Morgan fingerprint density at radius 2 is 2.00 bits per heavy atom. The molecule has 0 aliphatic carbocycles. The first kappa shape index (κ1) is 16.6. The number of nitro groups is 1. The summed E-state index contributed by atoms with van der Waals surface area (Å²) in [7, 11) is 0. The van der Waals surface area contributed by atoms with Crippen molar-refractivity contribution < 1.29 is 14.5 Å². The highest BCUT2D eigenvalue weighted by molar-refractivity contribution is 6.01. The van der Waals surface area contributed by atoms with Gasteiger partial charge in [-0.1, -0.05) is 24.3 Å². The van der Waals surface area contributed by atoms with Crippen LogP contribution in [0, 0.1) is 17.0 Å². The van der Waals surface area contributed by atoms with Crippen LogP contribution in [0.15, 0.2) is 42.5 Å². The second-order valence-electron chi connectivity index (χ2n) is 5.87. The largest absolute Gasteiger partial charge is 0.343 e. The monoisotopic (exact) mass is 339 g/mol. The number of amides is 2. The van der Waals surface area contributed by atoms with E-state index in [-0.39, 0.29) is 23.7 Å². The van der Waals surface area contributed by atoms with E-state index in [1.807, 2.05) is 24.3 Å². The molecule has 0 spiro atoms. The minimum absolute atomic E-state index is 0.118. The quantitative estimate of drug-likeness (QED) is 0.683. The molecule has 1 aliphatic heterocycles. The van der Waals surface area contributed by atoms with Crippen molar-refractivity contribution in [2.24, 2.45) is 0 Å². The van der Waals surface area contributed by atoms with Gasteiger partial charge in [-0.15, -0.1) is 0 Å². The lowest BCUT2D eigenvalue weighted by Gasteiger charge is -2.17. The number of carbonyl (C=O) groups is 2. The van der Waals surface area contributed by atoms with E-state index >= 15 is 0 Å². The molecule has 1 aliphatic rings. The van der Waals surface area contributed by atoms with Crippen molar-refractivity contribution >= 4 is 23.2 Å². The summed E-state index contributed by atoms with van der Waals surface area (Å²) in [6.07, 6.45) is 0.792. The van der Waals surface area contributed by atoms with E-state index in [9.17, 15) is 19.7 Å². The van der Waals surface area contributed by atoms with Gasteiger partial charge in [0.1, 0.15) is 0 Å². The lowest BCUT2D eigenvalue weighted by molar-refractivity contribution is -0.385. The Morgan fingerprint density at radius 1 is 1.24 bits per heavy atom. The summed E-state index contributed by atoms with van der Waals surface area (Å²) in [6.45, 7) is 2.03. The molecule has 0 saturated heterocycles. The van der Waals surface area contributed by atoms with Gasteiger partial charge < -0.3 is 10.2 Å². The number of aryl methyl sites for hydroxylation is 1. The number of nitrogens with zero attached hydrogens (tertiary/aromatic N) is 2. The molecule has 128 valence electrons. The Morgan fingerprint density at radius 3 is 2.76 bits per heavy atom. The maximum atomic E-state index is 12.4. The lowest BCUT2D eigenvalue weighted by atomic mass is 10.1. The Labute approximate surface area is 144 Å². The number of benzene rings is 2. The number of nitrogens with one attached hydrogen (secondary N) is 1. The average Bonchev–Trinajstić information content (AvgIpc) is 3.03. The molecule has 0 atom stereocenters. The molecule has 3 rings (SSSR count). The van der Waals surface area contributed by atoms with Gasteiger partial charge in [0.15, 0.2) is 0 Å². The van der Waals surface area contributed by atoms with Gasteiger partial charge in [-0.05, 0) is 31.0 Å².